The Morgan fingerprint density at radius 1 is 1.32 bits per heavy atom. The number of nitrogens with zero attached hydrogens (tertiary/aromatic N) is 4. The van der Waals surface area contributed by atoms with Crippen molar-refractivity contribution >= 4 is 23.6 Å². The summed E-state index contributed by atoms with van der Waals surface area (Å²) in [6.07, 6.45) is 3.41. The molecular weight excluding hydrogens is 300 g/mol. The largest absolute Gasteiger partial charge is 0.337 e. The third kappa shape index (κ3) is 4.11. The van der Waals surface area contributed by atoms with Crippen LogP contribution in [0.5, 0.6) is 0 Å². The predicted octanol–water partition coefficient (Wildman–Crippen LogP) is 2.29. The van der Waals surface area contributed by atoms with Crippen LogP contribution in [0.2, 0.25) is 5.15 Å². The fourth-order valence-electron chi connectivity index (χ4n) is 2.51. The van der Waals surface area contributed by atoms with E-state index in [0.29, 0.717) is 11.1 Å². The quantitative estimate of drug-likeness (QED) is 0.798. The topological polar surface area (TPSA) is 41.4 Å². The van der Waals surface area contributed by atoms with Crippen molar-refractivity contribution in [2.45, 2.75) is 27.3 Å². The second-order valence-electron chi connectivity index (χ2n) is 6.33. The van der Waals surface area contributed by atoms with Gasteiger partial charge in [-0.3, -0.25) is 9.48 Å². The molecule has 122 valence electrons. The number of rotatable bonds is 4. The molecule has 0 spiro atoms. The Labute approximate surface area is 137 Å². The molecule has 1 amide bonds. The van der Waals surface area contributed by atoms with E-state index in [2.05, 4.69) is 30.9 Å². The molecule has 1 aliphatic heterocycles. The summed E-state index contributed by atoms with van der Waals surface area (Å²) in [5.74, 6) is 0.515. The smallest absolute Gasteiger partial charge is 0.246 e. The third-order valence-electron chi connectivity index (χ3n) is 3.85. The molecule has 1 aliphatic rings. The first-order valence-electron chi connectivity index (χ1n) is 7.77. The molecule has 1 fully saturated rings. The molecule has 1 aromatic rings. The van der Waals surface area contributed by atoms with Crippen LogP contribution in [0, 0.1) is 12.8 Å². The molecule has 2 rings (SSSR count). The van der Waals surface area contributed by atoms with Crippen LogP contribution in [0.4, 0.5) is 0 Å². The van der Waals surface area contributed by atoms with Crippen molar-refractivity contribution in [3.05, 3.63) is 22.5 Å². The Kier molecular flexibility index (Phi) is 5.64. The van der Waals surface area contributed by atoms with Crippen LogP contribution in [0.1, 0.15) is 25.1 Å². The van der Waals surface area contributed by atoms with Crippen molar-refractivity contribution in [3.63, 3.8) is 0 Å². The van der Waals surface area contributed by atoms with Crippen LogP contribution in [0.15, 0.2) is 6.08 Å². The maximum atomic E-state index is 12.2. The average molecular weight is 325 g/mol. The fourth-order valence-corrected chi connectivity index (χ4v) is 2.82. The summed E-state index contributed by atoms with van der Waals surface area (Å²) in [5, 5.41) is 5.06. The first kappa shape index (κ1) is 17.0. The van der Waals surface area contributed by atoms with Crippen molar-refractivity contribution in [1.82, 2.24) is 19.6 Å². The van der Waals surface area contributed by atoms with Gasteiger partial charge in [0.2, 0.25) is 5.91 Å². The lowest BCUT2D eigenvalue weighted by Gasteiger charge is -2.31. The van der Waals surface area contributed by atoms with Crippen molar-refractivity contribution < 1.29 is 4.79 Å². The fraction of sp³-hybridized carbons (Fsp3) is 0.625. The van der Waals surface area contributed by atoms with E-state index in [4.69, 9.17) is 11.6 Å². The molecule has 1 aromatic heterocycles. The lowest BCUT2D eigenvalue weighted by molar-refractivity contribution is -0.127. The highest BCUT2D eigenvalue weighted by atomic mass is 35.5. The van der Waals surface area contributed by atoms with Crippen molar-refractivity contribution in [2.24, 2.45) is 5.92 Å². The maximum Gasteiger partial charge on any atom is 0.246 e. The van der Waals surface area contributed by atoms with Crippen molar-refractivity contribution in [2.75, 3.05) is 33.2 Å². The molecule has 0 bridgehead atoms. The minimum absolute atomic E-state index is 0.0418. The number of amides is 1. The van der Waals surface area contributed by atoms with Crippen LogP contribution < -0.4 is 0 Å². The Bertz CT molecular complexity index is 557. The molecule has 0 N–H and O–H groups in total. The third-order valence-corrected chi connectivity index (χ3v) is 4.25. The summed E-state index contributed by atoms with van der Waals surface area (Å²) in [6.45, 7) is 10.3. The highest BCUT2D eigenvalue weighted by Crippen LogP contribution is 2.22. The molecule has 2 heterocycles. The summed E-state index contributed by atoms with van der Waals surface area (Å²) in [5.41, 5.74) is 1.69. The normalized spacial score (nSPS) is 16.9. The Hall–Kier alpha value is -1.33. The van der Waals surface area contributed by atoms with Gasteiger partial charge in [-0.15, -0.1) is 0 Å². The van der Waals surface area contributed by atoms with E-state index < -0.39 is 0 Å². The van der Waals surface area contributed by atoms with Gasteiger partial charge in [-0.05, 0) is 26.0 Å². The van der Waals surface area contributed by atoms with Gasteiger partial charge in [0.05, 0.1) is 5.69 Å². The molecule has 0 unspecified atom stereocenters. The number of carbonyl (C=O) groups is 1. The lowest BCUT2D eigenvalue weighted by Crippen LogP contribution is -2.46. The van der Waals surface area contributed by atoms with E-state index in [1.807, 2.05) is 16.5 Å². The molecule has 1 saturated heterocycles. The number of piperazine rings is 1. The van der Waals surface area contributed by atoms with Gasteiger partial charge in [-0.25, -0.2) is 0 Å². The maximum absolute atomic E-state index is 12.2. The predicted molar refractivity (Wildman–Crippen MR) is 89.9 cm³/mol. The highest BCUT2D eigenvalue weighted by Gasteiger charge is 2.17. The van der Waals surface area contributed by atoms with E-state index in [-0.39, 0.29) is 5.91 Å². The minimum atomic E-state index is 0.0418. The number of carbonyl (C=O) groups excluding carboxylic acids is 1. The molecule has 0 aromatic carbocycles. The second kappa shape index (κ2) is 7.29. The number of halogens is 1. The van der Waals surface area contributed by atoms with Crippen LogP contribution in [-0.2, 0) is 11.3 Å². The lowest BCUT2D eigenvalue weighted by atomic mass is 10.2. The summed E-state index contributed by atoms with van der Waals surface area (Å²) in [4.78, 5) is 16.3. The first-order valence-corrected chi connectivity index (χ1v) is 8.14. The van der Waals surface area contributed by atoms with E-state index in [1.54, 1.807) is 12.2 Å². The number of likely N-dealkylation sites (N-methyl/N-ethyl adjacent to an activating group) is 1. The van der Waals surface area contributed by atoms with Gasteiger partial charge in [-0.2, -0.15) is 5.10 Å². The van der Waals surface area contributed by atoms with E-state index in [0.717, 1.165) is 44.0 Å². The minimum Gasteiger partial charge on any atom is -0.337 e. The van der Waals surface area contributed by atoms with E-state index in [1.165, 1.54) is 0 Å². The van der Waals surface area contributed by atoms with Gasteiger partial charge in [0.15, 0.2) is 0 Å². The van der Waals surface area contributed by atoms with Crippen LogP contribution >= 0.6 is 11.6 Å². The van der Waals surface area contributed by atoms with Gasteiger partial charge in [0.25, 0.3) is 0 Å². The van der Waals surface area contributed by atoms with Gasteiger partial charge in [0.1, 0.15) is 5.15 Å². The summed E-state index contributed by atoms with van der Waals surface area (Å²) in [7, 11) is 2.07. The van der Waals surface area contributed by atoms with Crippen LogP contribution in [0.3, 0.4) is 0 Å². The van der Waals surface area contributed by atoms with Crippen LogP contribution in [-0.4, -0.2) is 58.7 Å². The molecule has 22 heavy (non-hydrogen) atoms. The highest BCUT2D eigenvalue weighted by molar-refractivity contribution is 6.31. The number of aromatic nitrogens is 2. The number of aryl methyl sites for hydroxylation is 1. The number of hydrogen-bond acceptors (Lipinski definition) is 3. The SMILES string of the molecule is Cc1nn(CC(C)C)c(Cl)c1C=CC(=O)N1CCN(C)CC1. The number of hydrogen-bond donors (Lipinski definition) is 0. The van der Waals surface area contributed by atoms with Gasteiger partial charge < -0.3 is 9.80 Å². The zero-order valence-corrected chi connectivity index (χ0v) is 14.6. The van der Waals surface area contributed by atoms with Gasteiger partial charge >= 0.3 is 0 Å². The monoisotopic (exact) mass is 324 g/mol. The average Bonchev–Trinajstić information content (AvgIpc) is 2.71. The molecule has 6 heteroatoms. The zero-order valence-electron chi connectivity index (χ0n) is 13.8. The summed E-state index contributed by atoms with van der Waals surface area (Å²) in [6, 6.07) is 0. The Morgan fingerprint density at radius 2 is 1.95 bits per heavy atom. The molecule has 0 aliphatic carbocycles. The zero-order chi connectivity index (χ0) is 16.3. The van der Waals surface area contributed by atoms with Gasteiger partial charge in [0, 0.05) is 44.4 Å². The summed E-state index contributed by atoms with van der Waals surface area (Å²) < 4.78 is 1.81. The Balaban J connectivity index is 2.06. The molecule has 0 atom stereocenters. The van der Waals surface area contributed by atoms with Crippen molar-refractivity contribution in [3.8, 4) is 0 Å². The van der Waals surface area contributed by atoms with Gasteiger partial charge in [-0.1, -0.05) is 25.4 Å². The molecule has 0 radical (unpaired) electrons. The second-order valence-corrected chi connectivity index (χ2v) is 6.69. The van der Waals surface area contributed by atoms with E-state index in [9.17, 15) is 4.79 Å². The van der Waals surface area contributed by atoms with Crippen LogP contribution in [0.25, 0.3) is 6.08 Å². The standard InChI is InChI=1S/C16H25ClN4O/c1-12(2)11-21-16(17)14(13(3)18-21)5-6-15(22)20-9-7-19(4)8-10-20/h5-6,12H,7-11H2,1-4H3. The molecular formula is C16H25ClN4O. The van der Waals surface area contributed by atoms with E-state index >= 15 is 0 Å². The Morgan fingerprint density at radius 3 is 2.55 bits per heavy atom. The summed E-state index contributed by atoms with van der Waals surface area (Å²) >= 11 is 6.38. The van der Waals surface area contributed by atoms with Crippen molar-refractivity contribution in [1.29, 1.82) is 0 Å². The molecule has 5 nitrogen and oxygen atoms in total. The first-order chi connectivity index (χ1) is 10.4. The molecule has 0 saturated carbocycles.